The van der Waals surface area contributed by atoms with E-state index in [1.807, 2.05) is 16.4 Å². The van der Waals surface area contributed by atoms with Crippen LogP contribution in [0.2, 0.25) is 5.02 Å². The molecule has 0 amide bonds. The Kier molecular flexibility index (Phi) is 7.98. The summed E-state index contributed by atoms with van der Waals surface area (Å²) in [6.07, 6.45) is -0.393. The van der Waals surface area contributed by atoms with E-state index in [0.29, 0.717) is 48.2 Å². The van der Waals surface area contributed by atoms with Gasteiger partial charge in [0.05, 0.1) is 35.3 Å². The van der Waals surface area contributed by atoms with Crippen LogP contribution in [-0.2, 0) is 17.9 Å². The molecule has 1 unspecified atom stereocenters. The molecule has 0 saturated carbocycles. The fourth-order valence-electron chi connectivity index (χ4n) is 5.38. The summed E-state index contributed by atoms with van der Waals surface area (Å²) in [6, 6.07) is 14.1. The number of piperazine rings is 1. The van der Waals surface area contributed by atoms with Crippen molar-refractivity contribution in [2.45, 2.75) is 44.9 Å². The standard InChI is InChI=1S/C30H30ClF2N5O4/c1-18(29-34-24-8-6-19(30(39)40)13-25(24)38(29)15-22-9-12-41-22)36-10-11-37(26(33)16-36)27-3-2-4-28(35-27)42-17-20-5-7-21(31)14-23(20)32/h2-8,13-14,18,22,26H,9-12,15-17H2,1H3,(H,39,40)/t18-,22-,26?/m0/s1. The number of ether oxygens (including phenoxy) is 2. The van der Waals surface area contributed by atoms with E-state index in [4.69, 9.17) is 26.1 Å². The number of aromatic carboxylic acids is 1. The summed E-state index contributed by atoms with van der Waals surface area (Å²) < 4.78 is 43.2. The second kappa shape index (κ2) is 11.8. The lowest BCUT2D eigenvalue weighted by Gasteiger charge is -2.40. The van der Waals surface area contributed by atoms with E-state index in [1.54, 1.807) is 53.4 Å². The van der Waals surface area contributed by atoms with Crippen molar-refractivity contribution in [2.75, 3.05) is 31.1 Å². The Hall–Kier alpha value is -3.80. The lowest BCUT2D eigenvalue weighted by molar-refractivity contribution is -0.0594. The van der Waals surface area contributed by atoms with Crippen LogP contribution < -0.4 is 9.64 Å². The van der Waals surface area contributed by atoms with Crippen LogP contribution in [0.25, 0.3) is 11.0 Å². The van der Waals surface area contributed by atoms with Crippen molar-refractivity contribution in [3.8, 4) is 5.88 Å². The number of anilines is 1. The third-order valence-corrected chi connectivity index (χ3v) is 8.11. The Morgan fingerprint density at radius 1 is 1.19 bits per heavy atom. The van der Waals surface area contributed by atoms with Crippen LogP contribution in [0.1, 0.15) is 41.1 Å². The minimum Gasteiger partial charge on any atom is -0.478 e. The van der Waals surface area contributed by atoms with Gasteiger partial charge in [-0.1, -0.05) is 23.7 Å². The van der Waals surface area contributed by atoms with Crippen LogP contribution in [0.15, 0.2) is 54.6 Å². The number of fused-ring (bicyclic) bond motifs is 1. The Morgan fingerprint density at radius 2 is 2.02 bits per heavy atom. The summed E-state index contributed by atoms with van der Waals surface area (Å²) >= 11 is 5.82. The van der Waals surface area contributed by atoms with E-state index in [9.17, 15) is 14.3 Å². The highest BCUT2D eigenvalue weighted by Gasteiger charge is 2.33. The van der Waals surface area contributed by atoms with Gasteiger partial charge in [0.1, 0.15) is 24.1 Å². The Balaban J connectivity index is 1.17. The number of alkyl halides is 1. The number of rotatable bonds is 9. The van der Waals surface area contributed by atoms with Crippen molar-refractivity contribution in [1.29, 1.82) is 0 Å². The molecule has 0 spiro atoms. The number of pyridine rings is 1. The molecule has 0 radical (unpaired) electrons. The highest BCUT2D eigenvalue weighted by molar-refractivity contribution is 6.30. The van der Waals surface area contributed by atoms with Crippen molar-refractivity contribution in [3.63, 3.8) is 0 Å². The molecule has 2 aromatic carbocycles. The second-order valence-corrected chi connectivity index (χ2v) is 11.0. The van der Waals surface area contributed by atoms with Gasteiger partial charge in [-0.15, -0.1) is 0 Å². The number of hydrogen-bond donors (Lipinski definition) is 1. The van der Waals surface area contributed by atoms with E-state index in [-0.39, 0.29) is 36.7 Å². The smallest absolute Gasteiger partial charge is 0.335 e. The Morgan fingerprint density at radius 3 is 2.74 bits per heavy atom. The van der Waals surface area contributed by atoms with Gasteiger partial charge in [0.25, 0.3) is 0 Å². The Labute approximate surface area is 246 Å². The molecule has 0 aliphatic carbocycles. The molecule has 1 N–H and O–H groups in total. The number of nitrogens with zero attached hydrogens (tertiary/aromatic N) is 5. The maximum absolute atomic E-state index is 15.7. The first-order valence-electron chi connectivity index (χ1n) is 13.8. The monoisotopic (exact) mass is 597 g/mol. The fourth-order valence-corrected chi connectivity index (χ4v) is 5.54. The molecule has 0 bridgehead atoms. The molecule has 6 rings (SSSR count). The van der Waals surface area contributed by atoms with E-state index in [0.717, 1.165) is 17.8 Å². The average molecular weight is 598 g/mol. The van der Waals surface area contributed by atoms with Crippen LogP contribution >= 0.6 is 11.6 Å². The maximum atomic E-state index is 15.7. The number of carbonyl (C=O) groups is 1. The molecule has 4 heterocycles. The largest absolute Gasteiger partial charge is 0.478 e. The molecule has 2 saturated heterocycles. The SMILES string of the molecule is C[C@@H](c1nc2ccc(C(=O)O)cc2n1C[C@@H]1CCO1)N1CCN(c2cccc(OCc3ccc(Cl)cc3F)n2)C(F)C1. The molecule has 2 aliphatic rings. The summed E-state index contributed by atoms with van der Waals surface area (Å²) in [6.45, 7) is 4.25. The molecular weight excluding hydrogens is 568 g/mol. The van der Waals surface area contributed by atoms with Gasteiger partial charge >= 0.3 is 5.97 Å². The summed E-state index contributed by atoms with van der Waals surface area (Å²) in [5, 5.41) is 9.82. The van der Waals surface area contributed by atoms with E-state index >= 15 is 4.39 Å². The first-order valence-corrected chi connectivity index (χ1v) is 14.2. The van der Waals surface area contributed by atoms with Crippen LogP contribution in [0.5, 0.6) is 5.88 Å². The minimum atomic E-state index is -1.34. The predicted octanol–water partition coefficient (Wildman–Crippen LogP) is 5.47. The molecular formula is C30H30ClF2N5O4. The number of carboxylic acids is 1. The third-order valence-electron chi connectivity index (χ3n) is 7.87. The summed E-state index contributed by atoms with van der Waals surface area (Å²) in [7, 11) is 0. The van der Waals surface area contributed by atoms with Crippen LogP contribution in [0.3, 0.4) is 0 Å². The van der Waals surface area contributed by atoms with Crippen molar-refractivity contribution < 1.29 is 28.2 Å². The first kappa shape index (κ1) is 28.3. The molecule has 2 aliphatic heterocycles. The number of aromatic nitrogens is 3. The van der Waals surface area contributed by atoms with Crippen molar-refractivity contribution in [1.82, 2.24) is 19.4 Å². The van der Waals surface area contributed by atoms with Crippen molar-refractivity contribution >= 4 is 34.4 Å². The van der Waals surface area contributed by atoms with Gasteiger partial charge in [0, 0.05) is 42.9 Å². The van der Waals surface area contributed by atoms with E-state index < -0.39 is 18.1 Å². The molecule has 2 fully saturated rings. The van der Waals surface area contributed by atoms with E-state index in [2.05, 4.69) is 4.98 Å². The number of hydrogen-bond acceptors (Lipinski definition) is 7. The fraction of sp³-hybridized carbons (Fsp3) is 0.367. The zero-order valence-electron chi connectivity index (χ0n) is 22.9. The van der Waals surface area contributed by atoms with Gasteiger partial charge in [-0.3, -0.25) is 4.90 Å². The topological polar surface area (TPSA) is 92.9 Å². The third kappa shape index (κ3) is 5.77. The molecule has 12 heteroatoms. The summed E-state index contributed by atoms with van der Waals surface area (Å²) in [5.74, 6) is -0.0388. The van der Waals surface area contributed by atoms with Crippen LogP contribution in [0, 0.1) is 5.82 Å². The Bertz CT molecular complexity index is 1610. The summed E-state index contributed by atoms with van der Waals surface area (Å²) in [4.78, 5) is 24.6. The molecule has 220 valence electrons. The van der Waals surface area contributed by atoms with Crippen LogP contribution in [0.4, 0.5) is 14.6 Å². The number of imidazole rings is 1. The van der Waals surface area contributed by atoms with Crippen LogP contribution in [-0.4, -0.2) is 69.2 Å². The lowest BCUT2D eigenvalue weighted by Crippen LogP contribution is -2.52. The number of halogens is 3. The highest BCUT2D eigenvalue weighted by atomic mass is 35.5. The lowest BCUT2D eigenvalue weighted by atomic mass is 10.1. The van der Waals surface area contributed by atoms with Gasteiger partial charge in [-0.05, 0) is 49.7 Å². The highest BCUT2D eigenvalue weighted by Crippen LogP contribution is 2.31. The molecule has 9 nitrogen and oxygen atoms in total. The predicted molar refractivity (Wildman–Crippen MR) is 153 cm³/mol. The molecule has 42 heavy (non-hydrogen) atoms. The van der Waals surface area contributed by atoms with Gasteiger partial charge in [-0.2, -0.15) is 4.98 Å². The zero-order valence-corrected chi connectivity index (χ0v) is 23.7. The van der Waals surface area contributed by atoms with Gasteiger partial charge in [0.15, 0.2) is 6.30 Å². The summed E-state index contributed by atoms with van der Waals surface area (Å²) in [5.41, 5.74) is 1.94. The number of carboxylic acid groups (broad SMARTS) is 1. The average Bonchev–Trinajstić information content (AvgIpc) is 3.31. The maximum Gasteiger partial charge on any atom is 0.335 e. The molecule has 3 atom stereocenters. The normalized spacial score (nSPS) is 20.0. The minimum absolute atomic E-state index is 0.0318. The van der Waals surface area contributed by atoms with Crippen molar-refractivity contribution in [3.05, 3.63) is 82.4 Å². The first-order chi connectivity index (χ1) is 20.3. The quantitative estimate of drug-likeness (QED) is 0.254. The van der Waals surface area contributed by atoms with Gasteiger partial charge in [-0.25, -0.2) is 18.6 Å². The molecule has 4 aromatic rings. The van der Waals surface area contributed by atoms with Gasteiger partial charge < -0.3 is 24.0 Å². The zero-order chi connectivity index (χ0) is 29.4. The number of benzene rings is 2. The van der Waals surface area contributed by atoms with Gasteiger partial charge in [0.2, 0.25) is 5.88 Å². The van der Waals surface area contributed by atoms with E-state index in [1.165, 1.54) is 6.07 Å². The van der Waals surface area contributed by atoms with Crippen molar-refractivity contribution in [2.24, 2.45) is 0 Å². The molecule has 2 aromatic heterocycles. The second-order valence-electron chi connectivity index (χ2n) is 10.5.